The van der Waals surface area contributed by atoms with Crippen LogP contribution in [-0.2, 0) is 95.7 Å². The Morgan fingerprint density at radius 3 is 0.250 bits per heavy atom. The second-order valence-corrected chi connectivity index (χ2v) is 0. The van der Waals surface area contributed by atoms with Crippen LogP contribution in [0.2, 0.25) is 0 Å². The van der Waals surface area contributed by atoms with Gasteiger partial charge in [-0.05, 0) is 0 Å². The maximum atomic E-state index is 0. The van der Waals surface area contributed by atoms with E-state index in [9.17, 15) is 0 Å². The van der Waals surface area contributed by atoms with Crippen LogP contribution in [0.4, 0.5) is 0 Å². The van der Waals surface area contributed by atoms with Crippen molar-refractivity contribution in [2.24, 2.45) is 0 Å². The summed E-state index contributed by atoms with van der Waals surface area (Å²) in [4.78, 5) is 0. The summed E-state index contributed by atoms with van der Waals surface area (Å²) in [7, 11) is 0. The van der Waals surface area contributed by atoms with Crippen LogP contribution in [0.5, 0.6) is 0 Å². The first-order valence-corrected chi connectivity index (χ1v) is 0. The maximum Gasteiger partial charge on any atom is 3.00 e. The topological polar surface area (TPSA) is 324 Å². The predicted molar refractivity (Wildman–Crippen MR) is 39.7 cm³/mol. The number of hydrogen-bond donors (Lipinski definition) is 0. The Morgan fingerprint density at radius 2 is 0.250 bits per heavy atom. The minimum absolute atomic E-state index is 0. The molecule has 11 nitrogen and oxygen atoms in total. The van der Waals surface area contributed by atoms with E-state index in [1.54, 1.807) is 0 Å². The van der Waals surface area contributed by atoms with Gasteiger partial charge in [0, 0.05) is 0 Å². The van der Waals surface area contributed by atoms with E-state index in [0.717, 1.165) is 0 Å². The van der Waals surface area contributed by atoms with Gasteiger partial charge >= 0.3 is 160 Å². The van der Waals surface area contributed by atoms with Crippen LogP contribution in [0.1, 0.15) is 0 Å². The smallest absolute Gasteiger partial charge is 2.00 e. The first-order chi connectivity index (χ1) is 0. The summed E-state index contributed by atoms with van der Waals surface area (Å²) in [5.41, 5.74) is 0. The Balaban J connectivity index is 0. The second-order valence-electron chi connectivity index (χ2n) is 0. The molecule has 148 valence electrons. The van der Waals surface area contributed by atoms with Crippen LogP contribution in [0.3, 0.4) is 0 Å². The van der Waals surface area contributed by atoms with Gasteiger partial charge in [-0.1, -0.05) is 0 Å². The summed E-state index contributed by atoms with van der Waals surface area (Å²) in [6.45, 7) is 0. The van der Waals surface area contributed by atoms with E-state index >= 15 is 0 Å². The van der Waals surface area contributed by atoms with Gasteiger partial charge in [0.2, 0.25) is 0 Å². The molecule has 0 aliphatic rings. The van der Waals surface area contributed by atoms with Gasteiger partial charge in [0.1, 0.15) is 0 Å². The molecule has 0 spiro atoms. The van der Waals surface area contributed by atoms with Crippen LogP contribution < -0.4 is 62.0 Å². The quantitative estimate of drug-likeness (QED) is 0.224. The van der Waals surface area contributed by atoms with Crippen molar-refractivity contribution in [3.05, 3.63) is 0 Å². The zero-order valence-corrected chi connectivity index (χ0v) is 24.8. The number of halogens is 5. The van der Waals surface area contributed by atoms with E-state index in [0.29, 0.717) is 0 Å². The molecule has 0 unspecified atom stereocenters. The summed E-state index contributed by atoms with van der Waals surface area (Å²) in [5.74, 6) is 0. The molecular weight excluding hydrogens is 674 g/mol. The van der Waals surface area contributed by atoms with Crippen molar-refractivity contribution in [3.8, 4) is 0 Å². The Hall–Kier alpha value is 6.15. The fraction of sp³-hybridized carbons (Fsp3) is 0. The molecule has 4 radical (unpaired) electrons. The zero-order chi connectivity index (χ0) is 0. The van der Waals surface area contributed by atoms with Crippen molar-refractivity contribution in [1.29, 1.82) is 0 Å². The largest absolute Gasteiger partial charge is 3.00 e. The molecule has 0 heterocycles. The third-order valence-corrected chi connectivity index (χ3v) is 0. The molecule has 0 bridgehead atoms. The fourth-order valence-electron chi connectivity index (χ4n) is 0. The molecule has 0 aliphatic heterocycles. The van der Waals surface area contributed by atoms with E-state index in [1.807, 2.05) is 0 Å². The average Bonchev–Trinajstić information content (AvgIpc) is 0. The third-order valence-electron chi connectivity index (χ3n) is 0. The summed E-state index contributed by atoms with van der Waals surface area (Å²) in [6, 6.07) is 0. The molecule has 24 heteroatoms. The van der Waals surface area contributed by atoms with Gasteiger partial charge in [0.25, 0.3) is 0 Å². The summed E-state index contributed by atoms with van der Waals surface area (Å²) < 4.78 is 0. The molecule has 0 rings (SSSR count). The second kappa shape index (κ2) is 610. The Morgan fingerprint density at radius 1 is 0.250 bits per heavy atom. The zero-order valence-electron chi connectivity index (χ0n) is 10.9. The minimum Gasteiger partial charge on any atom is -2.00 e. The molecule has 0 atom stereocenters. The van der Waals surface area contributed by atoms with Crippen LogP contribution in [0.15, 0.2) is 0 Å². The molecule has 0 saturated carbocycles. The van der Waals surface area contributed by atoms with Crippen LogP contribution in [-0.4, -0.2) is 125 Å². The van der Waals surface area contributed by atoms with E-state index in [2.05, 4.69) is 0 Å². The van der Waals surface area contributed by atoms with Gasteiger partial charge in [0.05, 0.1) is 0 Å². The van der Waals surface area contributed by atoms with E-state index in [1.165, 1.54) is 0 Å². The van der Waals surface area contributed by atoms with Gasteiger partial charge in [-0.2, -0.15) is 0 Å². The summed E-state index contributed by atoms with van der Waals surface area (Å²) >= 11 is 0. The Labute approximate surface area is 278 Å². The molecule has 7 N–H and O–H groups in total. The normalized spacial score (nSPS) is 0. The van der Waals surface area contributed by atoms with Crippen molar-refractivity contribution in [3.63, 3.8) is 0 Å². The van der Waals surface area contributed by atoms with Crippen molar-refractivity contribution < 1.29 is 191 Å². The van der Waals surface area contributed by atoms with Crippen LogP contribution in [0.25, 0.3) is 0 Å². The molecule has 0 aromatic carbocycles. The minimum atomic E-state index is 0. The van der Waals surface area contributed by atoms with Crippen LogP contribution >= 0.6 is 0 Å². The van der Waals surface area contributed by atoms with Gasteiger partial charge in [0.15, 0.2) is 0 Å². The van der Waals surface area contributed by atoms with Crippen molar-refractivity contribution in [2.75, 3.05) is 0 Å². The van der Waals surface area contributed by atoms with Gasteiger partial charge in [-0.3, -0.25) is 0 Å². The number of hydrogen-bond acceptors (Lipinski definition) is 5. The first-order valence-electron chi connectivity index (χ1n) is 0. The molecule has 0 aromatic heterocycles. The molecule has 0 aromatic rings. The van der Waals surface area contributed by atoms with Crippen molar-refractivity contribution in [1.82, 2.24) is 0 Å². The van der Waals surface area contributed by atoms with Gasteiger partial charge in [-0.15, -0.1) is 0 Å². The standard InChI is InChI=1S/5ClH.4Fe.4Mg.6H2O.5O/h5*1H;;;;;;;;;6*1H2;;;;;/q;;;;;4*+3;4*+2;;;;;;;5*-2/p-10. The first kappa shape index (κ1) is 677. The van der Waals surface area contributed by atoms with Gasteiger partial charge < -0.3 is 122 Å². The molecule has 24 heavy (non-hydrogen) atoms. The van der Waals surface area contributed by atoms with Crippen molar-refractivity contribution >= 4 is 92.2 Å². The number of rotatable bonds is 0. The predicted octanol–water partition coefficient (Wildman–Crippen LogP) is -18.8. The van der Waals surface area contributed by atoms with Gasteiger partial charge in [-0.25, -0.2) is 0 Å². The van der Waals surface area contributed by atoms with Crippen LogP contribution in [0, 0.1) is 0 Å². The fourth-order valence-corrected chi connectivity index (χ4v) is 0. The molecule has 0 amide bonds. The van der Waals surface area contributed by atoms with E-state index in [4.69, 9.17) is 0 Å². The molecular formula is H7Cl5Fe4Mg4O11. The Bertz CT molecular complexity index is 44.4. The monoisotopic (exact) mass is 678 g/mol. The SMILES string of the molecule is O.[Cl-].[Cl-].[Cl-].[Cl-].[Cl-].[Fe+3].[Fe+3].[Fe+3].[Fe+3].[Mg+2].[Mg+2].[Mg+2].[Mg+2].[O-2].[O-2].[O-2].[O-2].[O-2].[OH-].[OH-].[OH-].[OH-].[OH-]. The van der Waals surface area contributed by atoms with E-state index in [-0.39, 0.29) is 283 Å². The maximum absolute atomic E-state index is 0. The Kier molecular flexibility index (Phi) is 17200. The van der Waals surface area contributed by atoms with E-state index < -0.39 is 0 Å². The molecule has 0 aliphatic carbocycles. The van der Waals surface area contributed by atoms with Crippen molar-refractivity contribution in [2.45, 2.75) is 0 Å². The summed E-state index contributed by atoms with van der Waals surface area (Å²) in [6.07, 6.45) is 0. The summed E-state index contributed by atoms with van der Waals surface area (Å²) in [5, 5.41) is 0. The average molecular weight is 681 g/mol. The molecule has 0 saturated heterocycles. The molecule has 0 fully saturated rings. The third kappa shape index (κ3) is 548.